The van der Waals surface area contributed by atoms with Crippen LogP contribution in [0.1, 0.15) is 0 Å². The van der Waals surface area contributed by atoms with Gasteiger partial charge >= 0.3 is 6.03 Å². The standard InChI is InChI=1S/C14H13Cl2N3O2/c1-21-13-5-3-2-4-12(13)17-14(20)19-18-11-7-6-9(15)8-10(11)16/h2-8,18H,1H3,(H2,17,19,20). The van der Waals surface area contributed by atoms with Gasteiger partial charge in [-0.2, -0.15) is 0 Å². The van der Waals surface area contributed by atoms with E-state index in [1.807, 2.05) is 6.07 Å². The van der Waals surface area contributed by atoms with Gasteiger partial charge in [0, 0.05) is 5.02 Å². The van der Waals surface area contributed by atoms with E-state index < -0.39 is 6.03 Å². The molecule has 2 aromatic rings. The summed E-state index contributed by atoms with van der Waals surface area (Å²) < 4.78 is 5.14. The van der Waals surface area contributed by atoms with E-state index in [0.29, 0.717) is 27.2 Å². The number of ether oxygens (including phenoxy) is 1. The smallest absolute Gasteiger partial charge is 0.337 e. The molecule has 0 aliphatic heterocycles. The number of methoxy groups -OCH3 is 1. The molecule has 0 aliphatic carbocycles. The summed E-state index contributed by atoms with van der Waals surface area (Å²) in [5.41, 5.74) is 6.28. The average molecular weight is 326 g/mol. The van der Waals surface area contributed by atoms with Crippen molar-refractivity contribution in [1.29, 1.82) is 0 Å². The minimum Gasteiger partial charge on any atom is -0.495 e. The summed E-state index contributed by atoms with van der Waals surface area (Å²) in [7, 11) is 1.53. The van der Waals surface area contributed by atoms with Crippen LogP contribution in [0.5, 0.6) is 5.75 Å². The van der Waals surface area contributed by atoms with E-state index >= 15 is 0 Å². The van der Waals surface area contributed by atoms with E-state index in [9.17, 15) is 4.79 Å². The highest BCUT2D eigenvalue weighted by Crippen LogP contribution is 2.25. The van der Waals surface area contributed by atoms with Crippen LogP contribution in [-0.4, -0.2) is 13.1 Å². The van der Waals surface area contributed by atoms with Gasteiger partial charge in [-0.1, -0.05) is 35.3 Å². The quantitative estimate of drug-likeness (QED) is 0.740. The van der Waals surface area contributed by atoms with Crippen LogP contribution in [0, 0.1) is 0 Å². The Hall–Kier alpha value is -2.11. The van der Waals surface area contributed by atoms with E-state index in [4.69, 9.17) is 27.9 Å². The molecule has 2 aromatic carbocycles. The molecule has 0 aromatic heterocycles. The van der Waals surface area contributed by atoms with E-state index in [1.165, 1.54) is 7.11 Å². The summed E-state index contributed by atoms with van der Waals surface area (Å²) in [4.78, 5) is 11.8. The zero-order valence-corrected chi connectivity index (χ0v) is 12.6. The SMILES string of the molecule is COc1ccccc1NC(=O)NNc1ccc(Cl)cc1Cl. The van der Waals surface area contributed by atoms with Crippen LogP contribution < -0.4 is 20.9 Å². The summed E-state index contributed by atoms with van der Waals surface area (Å²) in [6.45, 7) is 0. The molecule has 0 bridgehead atoms. The number of benzene rings is 2. The maximum atomic E-state index is 11.8. The molecule has 0 heterocycles. The van der Waals surface area contributed by atoms with Crippen molar-refractivity contribution in [1.82, 2.24) is 5.43 Å². The number of hydrogen-bond donors (Lipinski definition) is 3. The minimum absolute atomic E-state index is 0.403. The van der Waals surface area contributed by atoms with Crippen LogP contribution in [0.25, 0.3) is 0 Å². The fourth-order valence-electron chi connectivity index (χ4n) is 1.62. The Balaban J connectivity index is 1.96. The predicted octanol–water partition coefficient (Wildman–Crippen LogP) is 4.15. The lowest BCUT2D eigenvalue weighted by atomic mass is 10.3. The third kappa shape index (κ3) is 4.18. The number of amides is 2. The summed E-state index contributed by atoms with van der Waals surface area (Å²) >= 11 is 11.8. The second-order valence-electron chi connectivity index (χ2n) is 4.03. The van der Waals surface area contributed by atoms with E-state index in [0.717, 1.165) is 0 Å². The molecule has 0 saturated carbocycles. The maximum absolute atomic E-state index is 11.8. The topological polar surface area (TPSA) is 62.4 Å². The molecule has 5 nitrogen and oxygen atoms in total. The van der Waals surface area contributed by atoms with Crippen LogP contribution in [0.15, 0.2) is 42.5 Å². The van der Waals surface area contributed by atoms with Crippen molar-refractivity contribution in [2.75, 3.05) is 17.9 Å². The number of carbonyl (C=O) groups excluding carboxylic acids is 1. The fraction of sp³-hybridized carbons (Fsp3) is 0.0714. The molecule has 0 fully saturated rings. The third-order valence-corrected chi connectivity index (χ3v) is 3.14. The normalized spacial score (nSPS) is 9.86. The number of para-hydroxylation sites is 2. The van der Waals surface area contributed by atoms with Crippen molar-refractivity contribution >= 4 is 40.6 Å². The molecule has 110 valence electrons. The highest BCUT2D eigenvalue weighted by molar-refractivity contribution is 6.36. The van der Waals surface area contributed by atoms with Gasteiger partial charge in [-0.25, -0.2) is 4.79 Å². The highest BCUT2D eigenvalue weighted by Gasteiger charge is 2.07. The van der Waals surface area contributed by atoms with Crippen molar-refractivity contribution in [2.24, 2.45) is 0 Å². The zero-order valence-electron chi connectivity index (χ0n) is 11.1. The van der Waals surface area contributed by atoms with Crippen LogP contribution >= 0.6 is 23.2 Å². The molecule has 0 aliphatic rings. The average Bonchev–Trinajstić information content (AvgIpc) is 2.47. The molecular weight excluding hydrogens is 313 g/mol. The second-order valence-corrected chi connectivity index (χ2v) is 4.87. The summed E-state index contributed by atoms with van der Waals surface area (Å²) in [5.74, 6) is 0.567. The first-order chi connectivity index (χ1) is 10.1. The van der Waals surface area contributed by atoms with Crippen molar-refractivity contribution in [3.8, 4) is 5.75 Å². The first kappa shape index (κ1) is 15.3. The lowest BCUT2D eigenvalue weighted by Gasteiger charge is -2.13. The van der Waals surface area contributed by atoms with E-state index in [-0.39, 0.29) is 0 Å². The molecule has 0 spiro atoms. The predicted molar refractivity (Wildman–Crippen MR) is 85.2 cm³/mol. The second kappa shape index (κ2) is 7.06. The maximum Gasteiger partial charge on any atom is 0.337 e. The van der Waals surface area contributed by atoms with Crippen LogP contribution in [0.4, 0.5) is 16.2 Å². The Morgan fingerprint density at radius 1 is 1.10 bits per heavy atom. The molecule has 0 unspecified atom stereocenters. The summed E-state index contributed by atoms with van der Waals surface area (Å²) in [6.07, 6.45) is 0. The lowest BCUT2D eigenvalue weighted by Crippen LogP contribution is -2.33. The summed E-state index contributed by atoms with van der Waals surface area (Å²) in [6, 6.07) is 11.5. The summed E-state index contributed by atoms with van der Waals surface area (Å²) in [5, 5.41) is 3.58. The minimum atomic E-state index is -0.453. The fourth-order valence-corrected chi connectivity index (χ4v) is 2.07. The monoisotopic (exact) mass is 325 g/mol. The van der Waals surface area contributed by atoms with Gasteiger partial charge in [-0.15, -0.1) is 0 Å². The van der Waals surface area contributed by atoms with Gasteiger partial charge in [0.2, 0.25) is 0 Å². The van der Waals surface area contributed by atoms with Crippen LogP contribution in [0.2, 0.25) is 10.0 Å². The molecule has 2 amide bonds. The van der Waals surface area contributed by atoms with Crippen molar-refractivity contribution in [2.45, 2.75) is 0 Å². The number of rotatable bonds is 4. The molecule has 3 N–H and O–H groups in total. The van der Waals surface area contributed by atoms with Gasteiger partial charge in [0.15, 0.2) is 0 Å². The Bertz CT molecular complexity index is 650. The molecular formula is C14H13Cl2N3O2. The number of halogens is 2. The largest absolute Gasteiger partial charge is 0.495 e. The Kier molecular flexibility index (Phi) is 5.14. The van der Waals surface area contributed by atoms with Gasteiger partial charge in [-0.3, -0.25) is 10.9 Å². The number of hydrazine groups is 1. The van der Waals surface area contributed by atoms with Crippen LogP contribution in [-0.2, 0) is 0 Å². The molecule has 0 atom stereocenters. The Morgan fingerprint density at radius 3 is 2.57 bits per heavy atom. The van der Waals surface area contributed by atoms with Gasteiger partial charge in [-0.05, 0) is 30.3 Å². The lowest BCUT2D eigenvalue weighted by molar-refractivity contribution is 0.253. The molecule has 0 radical (unpaired) electrons. The first-order valence-electron chi connectivity index (χ1n) is 6.01. The third-order valence-electron chi connectivity index (χ3n) is 2.60. The Labute approximate surface area is 132 Å². The number of urea groups is 1. The van der Waals surface area contributed by atoms with Gasteiger partial charge in [0.05, 0.1) is 23.5 Å². The van der Waals surface area contributed by atoms with Crippen molar-refractivity contribution in [3.63, 3.8) is 0 Å². The first-order valence-corrected chi connectivity index (χ1v) is 6.77. The zero-order chi connectivity index (χ0) is 15.2. The molecule has 7 heteroatoms. The van der Waals surface area contributed by atoms with Crippen LogP contribution in [0.3, 0.4) is 0 Å². The van der Waals surface area contributed by atoms with E-state index in [2.05, 4.69) is 16.2 Å². The Morgan fingerprint density at radius 2 is 1.86 bits per heavy atom. The molecule has 21 heavy (non-hydrogen) atoms. The molecule has 0 saturated heterocycles. The highest BCUT2D eigenvalue weighted by atomic mass is 35.5. The van der Waals surface area contributed by atoms with Gasteiger partial charge in [0.25, 0.3) is 0 Å². The van der Waals surface area contributed by atoms with Crippen molar-refractivity contribution < 1.29 is 9.53 Å². The number of anilines is 2. The number of hydrogen-bond acceptors (Lipinski definition) is 3. The number of carbonyl (C=O) groups is 1. The molecule has 2 rings (SSSR count). The number of nitrogens with one attached hydrogen (secondary N) is 3. The van der Waals surface area contributed by atoms with Gasteiger partial charge in [0.1, 0.15) is 5.75 Å². The van der Waals surface area contributed by atoms with Crippen molar-refractivity contribution in [3.05, 3.63) is 52.5 Å². The van der Waals surface area contributed by atoms with Gasteiger partial charge < -0.3 is 10.1 Å². The van der Waals surface area contributed by atoms with E-state index in [1.54, 1.807) is 36.4 Å².